The molecule has 20 heavy (non-hydrogen) atoms. The zero-order valence-corrected chi connectivity index (χ0v) is 12.8. The molecule has 0 saturated heterocycles. The van der Waals surface area contributed by atoms with Crippen molar-refractivity contribution in [1.29, 1.82) is 0 Å². The zero-order chi connectivity index (χ0) is 14.5. The summed E-state index contributed by atoms with van der Waals surface area (Å²) < 4.78 is 1.95. The molecule has 1 heterocycles. The van der Waals surface area contributed by atoms with Crippen LogP contribution in [0.3, 0.4) is 0 Å². The van der Waals surface area contributed by atoms with E-state index < -0.39 is 0 Å². The lowest BCUT2D eigenvalue weighted by atomic mass is 10.0. The number of benzene rings is 1. The lowest BCUT2D eigenvalue weighted by Gasteiger charge is -2.10. The van der Waals surface area contributed by atoms with Crippen molar-refractivity contribution in [3.05, 3.63) is 47.5 Å². The lowest BCUT2D eigenvalue weighted by Crippen LogP contribution is -2.18. The van der Waals surface area contributed by atoms with Crippen LogP contribution in [0.2, 0.25) is 0 Å². The van der Waals surface area contributed by atoms with Crippen LogP contribution in [-0.4, -0.2) is 14.8 Å². The third-order valence-electron chi connectivity index (χ3n) is 3.40. The summed E-state index contributed by atoms with van der Waals surface area (Å²) in [6, 6.07) is 9.14. The van der Waals surface area contributed by atoms with Gasteiger partial charge in [0.1, 0.15) is 12.2 Å². The van der Waals surface area contributed by atoms with E-state index in [0.29, 0.717) is 12.0 Å². The summed E-state index contributed by atoms with van der Waals surface area (Å²) >= 11 is 0. The molecular weight excluding hydrogens is 248 g/mol. The first-order chi connectivity index (χ1) is 9.58. The Bertz CT molecular complexity index is 526. The van der Waals surface area contributed by atoms with Crippen LogP contribution in [0.4, 0.5) is 0 Å². The van der Waals surface area contributed by atoms with Gasteiger partial charge in [0.2, 0.25) is 0 Å². The Morgan fingerprint density at radius 1 is 1.05 bits per heavy atom. The molecule has 2 rings (SSSR count). The summed E-state index contributed by atoms with van der Waals surface area (Å²) in [4.78, 5) is 4.30. The third-order valence-corrected chi connectivity index (χ3v) is 3.40. The van der Waals surface area contributed by atoms with E-state index in [0.717, 1.165) is 18.9 Å². The minimum absolute atomic E-state index is 0.347. The second-order valence-electron chi connectivity index (χ2n) is 5.71. The van der Waals surface area contributed by atoms with Crippen molar-refractivity contribution in [1.82, 2.24) is 20.1 Å². The zero-order valence-electron chi connectivity index (χ0n) is 12.8. The van der Waals surface area contributed by atoms with Crippen molar-refractivity contribution < 1.29 is 0 Å². The molecule has 108 valence electrons. The van der Waals surface area contributed by atoms with E-state index in [1.54, 1.807) is 6.33 Å². The number of hydrogen-bond acceptors (Lipinski definition) is 3. The molecule has 4 heteroatoms. The van der Waals surface area contributed by atoms with Crippen LogP contribution in [0.1, 0.15) is 56.6 Å². The quantitative estimate of drug-likeness (QED) is 0.877. The minimum Gasteiger partial charge on any atom is -0.306 e. The Morgan fingerprint density at radius 3 is 2.35 bits per heavy atom. The van der Waals surface area contributed by atoms with Crippen molar-refractivity contribution in [2.24, 2.45) is 0 Å². The fourth-order valence-corrected chi connectivity index (χ4v) is 2.17. The van der Waals surface area contributed by atoms with E-state index in [4.69, 9.17) is 0 Å². The van der Waals surface area contributed by atoms with Gasteiger partial charge in [-0.1, -0.05) is 38.1 Å². The molecule has 0 aliphatic rings. The smallest absolute Gasteiger partial charge is 0.141 e. The van der Waals surface area contributed by atoms with Gasteiger partial charge in [0.25, 0.3) is 0 Å². The summed E-state index contributed by atoms with van der Waals surface area (Å²) in [6.45, 7) is 10.2. The number of aromatic nitrogens is 3. The maximum Gasteiger partial charge on any atom is 0.141 e. The average molecular weight is 272 g/mol. The normalized spacial score (nSPS) is 11.5. The lowest BCUT2D eigenvalue weighted by molar-refractivity contribution is 0.490. The Hall–Kier alpha value is -1.68. The van der Waals surface area contributed by atoms with Crippen LogP contribution in [0.15, 0.2) is 30.6 Å². The predicted octanol–water partition coefficient (Wildman–Crippen LogP) is 3.27. The molecule has 1 N–H and O–H groups in total. The van der Waals surface area contributed by atoms with Gasteiger partial charge in [-0.2, -0.15) is 5.10 Å². The van der Waals surface area contributed by atoms with Crippen LogP contribution in [0.5, 0.6) is 0 Å². The van der Waals surface area contributed by atoms with Crippen LogP contribution < -0.4 is 5.32 Å². The van der Waals surface area contributed by atoms with Gasteiger partial charge >= 0.3 is 0 Å². The molecule has 0 unspecified atom stereocenters. The van der Waals surface area contributed by atoms with Gasteiger partial charge in [0.15, 0.2) is 0 Å². The molecule has 4 nitrogen and oxygen atoms in total. The highest BCUT2D eigenvalue weighted by molar-refractivity contribution is 5.24. The standard InChI is InChI=1S/C16H24N4/c1-12(2)15-7-5-14(6-8-15)9-17-10-16-18-11-19-20(16)13(3)4/h5-8,11-13,17H,9-10H2,1-4H3. The van der Waals surface area contributed by atoms with E-state index in [1.807, 2.05) is 4.68 Å². The van der Waals surface area contributed by atoms with Gasteiger partial charge < -0.3 is 5.32 Å². The molecule has 0 aliphatic carbocycles. The number of rotatable bonds is 6. The molecule has 0 bridgehead atoms. The second kappa shape index (κ2) is 6.66. The van der Waals surface area contributed by atoms with Gasteiger partial charge in [0.05, 0.1) is 6.54 Å². The second-order valence-corrected chi connectivity index (χ2v) is 5.71. The van der Waals surface area contributed by atoms with Crippen LogP contribution in [0.25, 0.3) is 0 Å². The first-order valence-corrected chi connectivity index (χ1v) is 7.26. The maximum absolute atomic E-state index is 4.30. The first-order valence-electron chi connectivity index (χ1n) is 7.26. The summed E-state index contributed by atoms with van der Waals surface area (Å²) in [5.74, 6) is 1.57. The summed E-state index contributed by atoms with van der Waals surface area (Å²) in [5.41, 5.74) is 2.68. The molecule has 0 amide bonds. The van der Waals surface area contributed by atoms with E-state index >= 15 is 0 Å². The molecule has 0 aliphatic heterocycles. The summed E-state index contributed by atoms with van der Waals surface area (Å²) in [7, 11) is 0. The fourth-order valence-electron chi connectivity index (χ4n) is 2.17. The summed E-state index contributed by atoms with van der Waals surface area (Å²) in [5, 5.41) is 7.66. The van der Waals surface area contributed by atoms with Crippen molar-refractivity contribution in [2.75, 3.05) is 0 Å². The molecule has 0 spiro atoms. The maximum atomic E-state index is 4.30. The van der Waals surface area contributed by atoms with Crippen molar-refractivity contribution in [2.45, 2.75) is 52.7 Å². The fraction of sp³-hybridized carbons (Fsp3) is 0.500. The Labute approximate surface area is 121 Å². The van der Waals surface area contributed by atoms with Gasteiger partial charge in [-0.25, -0.2) is 9.67 Å². The van der Waals surface area contributed by atoms with Crippen molar-refractivity contribution >= 4 is 0 Å². The highest BCUT2D eigenvalue weighted by Crippen LogP contribution is 2.14. The Balaban J connectivity index is 1.88. The molecule has 2 aromatic rings. The molecular formula is C16H24N4. The molecule has 0 atom stereocenters. The van der Waals surface area contributed by atoms with Crippen LogP contribution >= 0.6 is 0 Å². The van der Waals surface area contributed by atoms with Crippen molar-refractivity contribution in [3.8, 4) is 0 Å². The highest BCUT2D eigenvalue weighted by atomic mass is 15.3. The monoisotopic (exact) mass is 272 g/mol. The molecule has 0 radical (unpaired) electrons. The largest absolute Gasteiger partial charge is 0.306 e. The molecule has 1 aromatic carbocycles. The van der Waals surface area contributed by atoms with Gasteiger partial charge in [-0.3, -0.25) is 0 Å². The number of nitrogens with zero attached hydrogens (tertiary/aromatic N) is 3. The van der Waals surface area contributed by atoms with Crippen LogP contribution in [0, 0.1) is 0 Å². The SMILES string of the molecule is CC(C)c1ccc(CNCc2ncnn2C(C)C)cc1. The summed E-state index contributed by atoms with van der Waals surface area (Å²) in [6.07, 6.45) is 1.62. The predicted molar refractivity (Wildman–Crippen MR) is 81.5 cm³/mol. The molecule has 0 fully saturated rings. The topological polar surface area (TPSA) is 42.7 Å². The van der Waals surface area contributed by atoms with E-state index in [-0.39, 0.29) is 0 Å². The van der Waals surface area contributed by atoms with Gasteiger partial charge in [-0.15, -0.1) is 0 Å². The average Bonchev–Trinajstić information content (AvgIpc) is 2.88. The Morgan fingerprint density at radius 2 is 1.75 bits per heavy atom. The number of hydrogen-bond donors (Lipinski definition) is 1. The van der Waals surface area contributed by atoms with E-state index in [1.165, 1.54) is 11.1 Å². The molecule has 0 saturated carbocycles. The van der Waals surface area contributed by atoms with E-state index in [9.17, 15) is 0 Å². The first kappa shape index (κ1) is 14.7. The van der Waals surface area contributed by atoms with Crippen LogP contribution in [-0.2, 0) is 13.1 Å². The van der Waals surface area contributed by atoms with Gasteiger partial charge in [-0.05, 0) is 30.9 Å². The third kappa shape index (κ3) is 3.67. The Kier molecular flexibility index (Phi) is 4.90. The number of nitrogens with one attached hydrogen (secondary N) is 1. The van der Waals surface area contributed by atoms with Gasteiger partial charge in [0, 0.05) is 12.6 Å². The van der Waals surface area contributed by atoms with Crippen molar-refractivity contribution in [3.63, 3.8) is 0 Å². The molecule has 1 aromatic heterocycles. The minimum atomic E-state index is 0.347. The van der Waals surface area contributed by atoms with E-state index in [2.05, 4.69) is 67.4 Å². The highest BCUT2D eigenvalue weighted by Gasteiger charge is 2.06.